The second-order valence-electron chi connectivity index (χ2n) is 7.59. The maximum Gasteiger partial charge on any atom is 0.253 e. The summed E-state index contributed by atoms with van der Waals surface area (Å²) in [6.07, 6.45) is 3.49. The molecule has 2 N–H and O–H groups in total. The molecule has 2 aromatic rings. The Bertz CT molecular complexity index is 902. The molecule has 1 aliphatic heterocycles. The van der Waals surface area contributed by atoms with Crippen molar-refractivity contribution in [2.75, 3.05) is 26.2 Å². The predicted molar refractivity (Wildman–Crippen MR) is 106 cm³/mol. The van der Waals surface area contributed by atoms with Gasteiger partial charge in [0.15, 0.2) is 11.6 Å². The second-order valence-corrected chi connectivity index (χ2v) is 7.59. The maximum absolute atomic E-state index is 13.9. The van der Waals surface area contributed by atoms with Crippen LogP contribution in [0.1, 0.15) is 35.2 Å². The predicted octanol–water partition coefficient (Wildman–Crippen LogP) is 3.53. The van der Waals surface area contributed by atoms with Gasteiger partial charge in [-0.1, -0.05) is 6.07 Å². The van der Waals surface area contributed by atoms with Gasteiger partial charge in [-0.25, -0.2) is 4.39 Å². The Kier molecular flexibility index (Phi) is 5.78. The van der Waals surface area contributed by atoms with Crippen LogP contribution in [0.25, 0.3) is 0 Å². The molecular formula is C22H25F2N3O2. The Hall–Kier alpha value is -2.51. The number of nitrogens with zero attached hydrogens (tertiary/aromatic N) is 2. The van der Waals surface area contributed by atoms with Gasteiger partial charge < -0.3 is 15.4 Å². The van der Waals surface area contributed by atoms with E-state index in [9.17, 15) is 13.6 Å². The van der Waals surface area contributed by atoms with Gasteiger partial charge in [-0.2, -0.15) is 4.39 Å². The van der Waals surface area contributed by atoms with Gasteiger partial charge in [-0.3, -0.25) is 9.69 Å². The SMILES string of the molecule is NCc1cc(C(=O)N2CCCN(C3CC3)CC2)ccc1Oc1cccc(F)c1F. The van der Waals surface area contributed by atoms with Gasteiger partial charge in [0.1, 0.15) is 5.75 Å². The van der Waals surface area contributed by atoms with Crippen LogP contribution < -0.4 is 10.5 Å². The molecule has 0 atom stereocenters. The zero-order chi connectivity index (χ0) is 20.4. The molecule has 29 heavy (non-hydrogen) atoms. The highest BCUT2D eigenvalue weighted by atomic mass is 19.2. The number of carbonyl (C=O) groups is 1. The fourth-order valence-corrected chi connectivity index (χ4v) is 3.78. The summed E-state index contributed by atoms with van der Waals surface area (Å²) in [6.45, 7) is 3.49. The van der Waals surface area contributed by atoms with Crippen LogP contribution in [-0.2, 0) is 6.54 Å². The van der Waals surface area contributed by atoms with Crippen LogP contribution in [0.2, 0.25) is 0 Å². The van der Waals surface area contributed by atoms with E-state index in [0.29, 0.717) is 29.5 Å². The van der Waals surface area contributed by atoms with Crippen molar-refractivity contribution >= 4 is 5.91 Å². The third-order valence-corrected chi connectivity index (χ3v) is 5.54. The minimum Gasteiger partial charge on any atom is -0.454 e. The first-order chi connectivity index (χ1) is 14.1. The highest BCUT2D eigenvalue weighted by Gasteiger charge is 2.31. The Labute approximate surface area is 169 Å². The van der Waals surface area contributed by atoms with Crippen molar-refractivity contribution < 1.29 is 18.3 Å². The molecule has 1 saturated carbocycles. The minimum absolute atomic E-state index is 0.0409. The molecule has 154 valence electrons. The molecule has 0 aromatic heterocycles. The fraction of sp³-hybridized carbons (Fsp3) is 0.409. The maximum atomic E-state index is 13.9. The number of nitrogens with two attached hydrogens (primary N) is 1. The smallest absolute Gasteiger partial charge is 0.253 e. The molecule has 2 aliphatic rings. The first-order valence-corrected chi connectivity index (χ1v) is 10.0. The van der Waals surface area contributed by atoms with Crippen molar-refractivity contribution in [3.63, 3.8) is 0 Å². The van der Waals surface area contributed by atoms with Gasteiger partial charge in [0, 0.05) is 49.9 Å². The third-order valence-electron chi connectivity index (χ3n) is 5.54. The highest BCUT2D eigenvalue weighted by Crippen LogP contribution is 2.30. The zero-order valence-corrected chi connectivity index (χ0v) is 16.2. The molecule has 4 rings (SSSR count). The molecule has 1 heterocycles. The van der Waals surface area contributed by atoms with Gasteiger partial charge in [0.25, 0.3) is 5.91 Å². The van der Waals surface area contributed by atoms with E-state index in [0.717, 1.165) is 32.1 Å². The van der Waals surface area contributed by atoms with E-state index in [1.54, 1.807) is 18.2 Å². The van der Waals surface area contributed by atoms with Crippen LogP contribution in [0.3, 0.4) is 0 Å². The molecule has 0 spiro atoms. The molecule has 1 aliphatic carbocycles. The van der Waals surface area contributed by atoms with Crippen LogP contribution in [0.4, 0.5) is 8.78 Å². The van der Waals surface area contributed by atoms with Crippen molar-refractivity contribution in [1.29, 1.82) is 0 Å². The summed E-state index contributed by atoms with van der Waals surface area (Å²) in [5.41, 5.74) is 6.91. The van der Waals surface area contributed by atoms with E-state index >= 15 is 0 Å². The molecule has 2 aromatic carbocycles. The second kappa shape index (κ2) is 8.47. The van der Waals surface area contributed by atoms with Gasteiger partial charge in [-0.15, -0.1) is 0 Å². The number of benzene rings is 2. The molecule has 1 saturated heterocycles. The standard InChI is InChI=1S/C22H25F2N3O2/c23-18-3-1-4-20(21(18)24)29-19-8-5-15(13-16(19)14-25)22(28)27-10-2-9-26(11-12-27)17-6-7-17/h1,3-5,8,13,17H,2,6-7,9-12,14,25H2. The molecular weight excluding hydrogens is 376 g/mol. The number of carbonyl (C=O) groups excluding carboxylic acids is 1. The summed E-state index contributed by atoms with van der Waals surface area (Å²) < 4.78 is 32.9. The Balaban J connectivity index is 1.49. The van der Waals surface area contributed by atoms with Crippen LogP contribution in [0.5, 0.6) is 11.5 Å². The normalized spacial score (nSPS) is 17.8. The van der Waals surface area contributed by atoms with Crippen LogP contribution in [-0.4, -0.2) is 47.9 Å². The van der Waals surface area contributed by atoms with Crippen molar-refractivity contribution in [3.05, 3.63) is 59.2 Å². The van der Waals surface area contributed by atoms with Crippen LogP contribution in [0.15, 0.2) is 36.4 Å². The van der Waals surface area contributed by atoms with Gasteiger partial charge in [0.2, 0.25) is 5.82 Å². The van der Waals surface area contributed by atoms with E-state index in [1.165, 1.54) is 25.0 Å². The van der Waals surface area contributed by atoms with Crippen molar-refractivity contribution in [2.24, 2.45) is 5.73 Å². The summed E-state index contributed by atoms with van der Waals surface area (Å²) in [6, 6.07) is 9.37. The van der Waals surface area contributed by atoms with Crippen LogP contribution in [0, 0.1) is 11.6 Å². The summed E-state index contributed by atoms with van der Waals surface area (Å²) in [4.78, 5) is 17.4. The minimum atomic E-state index is -1.06. The number of hydrogen-bond acceptors (Lipinski definition) is 4. The van der Waals surface area contributed by atoms with E-state index in [2.05, 4.69) is 4.90 Å². The summed E-state index contributed by atoms with van der Waals surface area (Å²) in [5, 5.41) is 0. The lowest BCUT2D eigenvalue weighted by Crippen LogP contribution is -2.35. The summed E-state index contributed by atoms with van der Waals surface area (Å²) in [5.74, 6) is -1.98. The average molecular weight is 401 g/mol. The van der Waals surface area contributed by atoms with Crippen molar-refractivity contribution in [1.82, 2.24) is 9.80 Å². The number of hydrogen-bond donors (Lipinski definition) is 1. The third kappa shape index (κ3) is 4.41. The first-order valence-electron chi connectivity index (χ1n) is 10.0. The number of amides is 1. The largest absolute Gasteiger partial charge is 0.454 e. The van der Waals surface area contributed by atoms with E-state index in [4.69, 9.17) is 10.5 Å². The Morgan fingerprint density at radius 2 is 1.90 bits per heavy atom. The molecule has 0 bridgehead atoms. The highest BCUT2D eigenvalue weighted by molar-refractivity contribution is 5.94. The fourth-order valence-electron chi connectivity index (χ4n) is 3.78. The summed E-state index contributed by atoms with van der Waals surface area (Å²) in [7, 11) is 0. The van der Waals surface area contributed by atoms with E-state index in [-0.39, 0.29) is 18.2 Å². The topological polar surface area (TPSA) is 58.8 Å². The average Bonchev–Trinajstić information content (AvgIpc) is 3.57. The van der Waals surface area contributed by atoms with Gasteiger partial charge in [0.05, 0.1) is 0 Å². The monoisotopic (exact) mass is 401 g/mol. The molecule has 0 unspecified atom stereocenters. The Morgan fingerprint density at radius 3 is 2.66 bits per heavy atom. The van der Waals surface area contributed by atoms with Gasteiger partial charge >= 0.3 is 0 Å². The Morgan fingerprint density at radius 1 is 1.07 bits per heavy atom. The van der Waals surface area contributed by atoms with Gasteiger partial charge in [-0.05, 0) is 49.6 Å². The molecule has 5 nitrogen and oxygen atoms in total. The van der Waals surface area contributed by atoms with E-state index < -0.39 is 11.6 Å². The molecule has 2 fully saturated rings. The number of ether oxygens (including phenoxy) is 1. The lowest BCUT2D eigenvalue weighted by molar-refractivity contribution is 0.0761. The lowest BCUT2D eigenvalue weighted by Gasteiger charge is -2.22. The lowest BCUT2D eigenvalue weighted by atomic mass is 10.1. The van der Waals surface area contributed by atoms with E-state index in [1.807, 2.05) is 4.90 Å². The number of halogens is 2. The molecule has 0 radical (unpaired) electrons. The van der Waals surface area contributed by atoms with Crippen LogP contribution >= 0.6 is 0 Å². The molecule has 1 amide bonds. The van der Waals surface area contributed by atoms with Crippen molar-refractivity contribution in [3.8, 4) is 11.5 Å². The zero-order valence-electron chi connectivity index (χ0n) is 16.2. The summed E-state index contributed by atoms with van der Waals surface area (Å²) >= 11 is 0. The number of rotatable bonds is 5. The quantitative estimate of drug-likeness (QED) is 0.833. The van der Waals surface area contributed by atoms with Crippen molar-refractivity contribution in [2.45, 2.75) is 31.8 Å². The molecule has 7 heteroatoms. The first kappa shape index (κ1) is 19.8.